The highest BCUT2D eigenvalue weighted by Crippen LogP contribution is 2.31. The van der Waals surface area contributed by atoms with Crippen molar-refractivity contribution in [2.75, 3.05) is 0 Å². The van der Waals surface area contributed by atoms with Crippen molar-refractivity contribution in [3.8, 4) is 17.2 Å². The van der Waals surface area contributed by atoms with Gasteiger partial charge in [-0.15, -0.1) is 0 Å². The molecule has 0 aliphatic carbocycles. The van der Waals surface area contributed by atoms with Gasteiger partial charge >= 0.3 is 0 Å². The van der Waals surface area contributed by atoms with Crippen molar-refractivity contribution in [2.45, 2.75) is 20.3 Å². The standard InChI is InChI=1S/C15H16O2/c1-3-12-5-7-13(8-6-12)17-15-10-11(2)4-9-14(15)16/h4-10,16H,3H2,1-2H3. The monoisotopic (exact) mass is 228 g/mol. The number of phenols is 1. The second kappa shape index (κ2) is 4.91. The maximum Gasteiger partial charge on any atom is 0.169 e. The summed E-state index contributed by atoms with van der Waals surface area (Å²) >= 11 is 0. The molecule has 2 aromatic rings. The molecule has 0 unspecified atom stereocenters. The average molecular weight is 228 g/mol. The lowest BCUT2D eigenvalue weighted by atomic mass is 10.2. The van der Waals surface area contributed by atoms with E-state index in [-0.39, 0.29) is 5.75 Å². The Morgan fingerprint density at radius 3 is 2.41 bits per heavy atom. The molecule has 2 aromatic carbocycles. The van der Waals surface area contributed by atoms with Gasteiger partial charge in [0, 0.05) is 0 Å². The van der Waals surface area contributed by atoms with Gasteiger partial charge in [0.1, 0.15) is 5.75 Å². The predicted octanol–water partition coefficient (Wildman–Crippen LogP) is 4.06. The molecule has 2 nitrogen and oxygen atoms in total. The van der Waals surface area contributed by atoms with Crippen LogP contribution in [0, 0.1) is 6.92 Å². The van der Waals surface area contributed by atoms with Gasteiger partial charge in [-0.05, 0) is 48.7 Å². The Labute approximate surface area is 101 Å². The van der Waals surface area contributed by atoms with E-state index >= 15 is 0 Å². The molecule has 0 saturated carbocycles. The fraction of sp³-hybridized carbons (Fsp3) is 0.200. The average Bonchev–Trinajstić information content (AvgIpc) is 2.35. The molecule has 1 N–H and O–H groups in total. The van der Waals surface area contributed by atoms with Crippen LogP contribution in [-0.2, 0) is 6.42 Å². The minimum absolute atomic E-state index is 0.162. The molecule has 0 saturated heterocycles. The normalized spacial score (nSPS) is 10.2. The van der Waals surface area contributed by atoms with Crippen molar-refractivity contribution in [2.24, 2.45) is 0 Å². The van der Waals surface area contributed by atoms with Gasteiger partial charge in [-0.25, -0.2) is 0 Å². The quantitative estimate of drug-likeness (QED) is 0.858. The molecular formula is C15H16O2. The minimum Gasteiger partial charge on any atom is -0.504 e. The van der Waals surface area contributed by atoms with Crippen LogP contribution in [0.4, 0.5) is 0 Å². The summed E-state index contributed by atoms with van der Waals surface area (Å²) in [5, 5.41) is 9.67. The van der Waals surface area contributed by atoms with Gasteiger partial charge in [0.2, 0.25) is 0 Å². The lowest BCUT2D eigenvalue weighted by molar-refractivity contribution is 0.411. The molecule has 17 heavy (non-hydrogen) atoms. The van der Waals surface area contributed by atoms with E-state index in [4.69, 9.17) is 4.74 Å². The maximum atomic E-state index is 9.67. The number of aryl methyl sites for hydroxylation is 2. The summed E-state index contributed by atoms with van der Waals surface area (Å²) in [5.41, 5.74) is 2.33. The summed E-state index contributed by atoms with van der Waals surface area (Å²) in [6.45, 7) is 4.08. The smallest absolute Gasteiger partial charge is 0.169 e. The third-order valence-corrected chi connectivity index (χ3v) is 2.67. The highest BCUT2D eigenvalue weighted by molar-refractivity contribution is 5.44. The van der Waals surface area contributed by atoms with Crippen LogP contribution in [-0.4, -0.2) is 5.11 Å². The molecule has 0 radical (unpaired) electrons. The van der Waals surface area contributed by atoms with Crippen molar-refractivity contribution in [1.82, 2.24) is 0 Å². The van der Waals surface area contributed by atoms with Crippen LogP contribution >= 0.6 is 0 Å². The Balaban J connectivity index is 2.22. The number of benzene rings is 2. The van der Waals surface area contributed by atoms with E-state index in [9.17, 15) is 5.11 Å². The first-order valence-corrected chi connectivity index (χ1v) is 5.75. The van der Waals surface area contributed by atoms with Gasteiger partial charge in [0.15, 0.2) is 11.5 Å². The van der Waals surface area contributed by atoms with Gasteiger partial charge in [0.25, 0.3) is 0 Å². The molecule has 2 rings (SSSR count). The first-order chi connectivity index (χ1) is 8.19. The van der Waals surface area contributed by atoms with Crippen LogP contribution in [0.25, 0.3) is 0 Å². The molecule has 0 heterocycles. The third-order valence-electron chi connectivity index (χ3n) is 2.67. The van der Waals surface area contributed by atoms with Crippen LogP contribution in [0.1, 0.15) is 18.1 Å². The van der Waals surface area contributed by atoms with Gasteiger partial charge < -0.3 is 9.84 Å². The lowest BCUT2D eigenvalue weighted by Crippen LogP contribution is -1.87. The third kappa shape index (κ3) is 2.78. The largest absolute Gasteiger partial charge is 0.504 e. The van der Waals surface area contributed by atoms with E-state index in [0.29, 0.717) is 5.75 Å². The fourth-order valence-electron chi connectivity index (χ4n) is 1.62. The highest BCUT2D eigenvalue weighted by atomic mass is 16.5. The number of aromatic hydroxyl groups is 1. The molecule has 0 aliphatic rings. The lowest BCUT2D eigenvalue weighted by Gasteiger charge is -2.08. The summed E-state index contributed by atoms with van der Waals surface area (Å²) in [5.74, 6) is 1.40. The molecule has 88 valence electrons. The summed E-state index contributed by atoms with van der Waals surface area (Å²) in [6.07, 6.45) is 1.01. The van der Waals surface area contributed by atoms with Crippen LogP contribution in [0.2, 0.25) is 0 Å². The Bertz CT molecular complexity index is 501. The number of hydrogen-bond donors (Lipinski definition) is 1. The summed E-state index contributed by atoms with van der Waals surface area (Å²) in [6, 6.07) is 13.2. The Kier molecular flexibility index (Phi) is 3.33. The summed E-state index contributed by atoms with van der Waals surface area (Å²) < 4.78 is 5.64. The van der Waals surface area contributed by atoms with Gasteiger partial charge in [-0.2, -0.15) is 0 Å². The van der Waals surface area contributed by atoms with E-state index in [1.807, 2.05) is 43.3 Å². The van der Waals surface area contributed by atoms with E-state index in [1.165, 1.54) is 5.56 Å². The molecule has 0 amide bonds. The van der Waals surface area contributed by atoms with E-state index < -0.39 is 0 Å². The van der Waals surface area contributed by atoms with Gasteiger partial charge in [0.05, 0.1) is 0 Å². The minimum atomic E-state index is 0.162. The Morgan fingerprint density at radius 2 is 1.76 bits per heavy atom. The summed E-state index contributed by atoms with van der Waals surface area (Å²) in [4.78, 5) is 0. The molecule has 0 spiro atoms. The number of ether oxygens (including phenoxy) is 1. The topological polar surface area (TPSA) is 29.5 Å². The maximum absolute atomic E-state index is 9.67. The number of rotatable bonds is 3. The molecule has 0 aliphatic heterocycles. The zero-order valence-electron chi connectivity index (χ0n) is 10.1. The molecule has 0 fully saturated rings. The fourth-order valence-corrected chi connectivity index (χ4v) is 1.62. The van der Waals surface area contributed by atoms with Crippen molar-refractivity contribution in [1.29, 1.82) is 0 Å². The Morgan fingerprint density at radius 1 is 1.06 bits per heavy atom. The predicted molar refractivity (Wildman–Crippen MR) is 68.7 cm³/mol. The SMILES string of the molecule is CCc1ccc(Oc2cc(C)ccc2O)cc1. The van der Waals surface area contributed by atoms with E-state index in [2.05, 4.69) is 6.92 Å². The zero-order chi connectivity index (χ0) is 12.3. The van der Waals surface area contributed by atoms with Crippen LogP contribution in [0.3, 0.4) is 0 Å². The van der Waals surface area contributed by atoms with E-state index in [1.54, 1.807) is 6.07 Å². The van der Waals surface area contributed by atoms with Crippen LogP contribution in [0.15, 0.2) is 42.5 Å². The molecular weight excluding hydrogens is 212 g/mol. The molecule has 0 bridgehead atoms. The molecule has 2 heteroatoms. The van der Waals surface area contributed by atoms with Crippen LogP contribution < -0.4 is 4.74 Å². The van der Waals surface area contributed by atoms with Crippen molar-refractivity contribution in [3.63, 3.8) is 0 Å². The first kappa shape index (κ1) is 11.5. The molecule has 0 atom stereocenters. The zero-order valence-corrected chi connectivity index (χ0v) is 10.1. The van der Waals surface area contributed by atoms with Crippen molar-refractivity contribution < 1.29 is 9.84 Å². The number of hydrogen-bond acceptors (Lipinski definition) is 2. The first-order valence-electron chi connectivity index (χ1n) is 5.75. The second-order valence-electron chi connectivity index (χ2n) is 4.07. The summed E-state index contributed by atoms with van der Waals surface area (Å²) in [7, 11) is 0. The molecule has 0 aromatic heterocycles. The number of phenolic OH excluding ortho intramolecular Hbond substituents is 1. The highest BCUT2D eigenvalue weighted by Gasteiger charge is 2.03. The Hall–Kier alpha value is -1.96. The second-order valence-corrected chi connectivity index (χ2v) is 4.07. The van der Waals surface area contributed by atoms with Gasteiger partial charge in [-0.3, -0.25) is 0 Å². The van der Waals surface area contributed by atoms with Gasteiger partial charge in [-0.1, -0.05) is 25.1 Å². The van der Waals surface area contributed by atoms with E-state index in [0.717, 1.165) is 17.7 Å². The van der Waals surface area contributed by atoms with Crippen LogP contribution in [0.5, 0.6) is 17.2 Å². The van der Waals surface area contributed by atoms with Crippen molar-refractivity contribution in [3.05, 3.63) is 53.6 Å². The van der Waals surface area contributed by atoms with Crippen molar-refractivity contribution >= 4 is 0 Å².